The molecule has 1 saturated heterocycles. The van der Waals surface area contributed by atoms with Crippen molar-refractivity contribution in [2.45, 2.75) is 38.0 Å². The van der Waals surface area contributed by atoms with Crippen molar-refractivity contribution < 1.29 is 8.94 Å². The second-order valence-electron chi connectivity index (χ2n) is 5.25. The SMILES string of the molecule is CCCC1(c2nc(-c3ccoc3)no2)CCCNC1. The summed E-state index contributed by atoms with van der Waals surface area (Å²) in [5.74, 6) is 1.38. The summed E-state index contributed by atoms with van der Waals surface area (Å²) in [6.07, 6.45) is 7.72. The third-order valence-electron chi connectivity index (χ3n) is 3.86. The van der Waals surface area contributed by atoms with E-state index in [9.17, 15) is 0 Å². The van der Waals surface area contributed by atoms with Crippen LogP contribution in [0.15, 0.2) is 27.5 Å². The normalized spacial score (nSPS) is 23.6. The molecule has 0 saturated carbocycles. The topological polar surface area (TPSA) is 64.1 Å². The Bertz CT molecular complexity index is 507. The van der Waals surface area contributed by atoms with E-state index < -0.39 is 0 Å². The lowest BCUT2D eigenvalue weighted by Crippen LogP contribution is -2.43. The van der Waals surface area contributed by atoms with E-state index in [1.807, 2.05) is 6.07 Å². The van der Waals surface area contributed by atoms with Crippen LogP contribution in [0.1, 0.15) is 38.5 Å². The van der Waals surface area contributed by atoms with Crippen LogP contribution in [0.25, 0.3) is 11.4 Å². The van der Waals surface area contributed by atoms with Gasteiger partial charge in [-0.25, -0.2) is 0 Å². The third kappa shape index (κ3) is 2.30. The fourth-order valence-electron chi connectivity index (χ4n) is 2.90. The van der Waals surface area contributed by atoms with Gasteiger partial charge in [0.1, 0.15) is 6.26 Å². The highest BCUT2D eigenvalue weighted by atomic mass is 16.5. The largest absolute Gasteiger partial charge is 0.472 e. The highest BCUT2D eigenvalue weighted by Gasteiger charge is 2.38. The van der Waals surface area contributed by atoms with Crippen LogP contribution in [0.3, 0.4) is 0 Å². The monoisotopic (exact) mass is 261 g/mol. The van der Waals surface area contributed by atoms with Crippen LogP contribution in [0.4, 0.5) is 0 Å². The molecular formula is C14H19N3O2. The van der Waals surface area contributed by atoms with E-state index in [0.29, 0.717) is 5.82 Å². The van der Waals surface area contributed by atoms with Gasteiger partial charge in [0.25, 0.3) is 0 Å². The van der Waals surface area contributed by atoms with Gasteiger partial charge in [-0.15, -0.1) is 0 Å². The van der Waals surface area contributed by atoms with E-state index in [0.717, 1.165) is 50.2 Å². The Labute approximate surface area is 112 Å². The lowest BCUT2D eigenvalue weighted by Gasteiger charge is -2.34. The minimum absolute atomic E-state index is 0.00197. The van der Waals surface area contributed by atoms with E-state index in [-0.39, 0.29) is 5.41 Å². The highest BCUT2D eigenvalue weighted by Crippen LogP contribution is 2.35. The molecule has 3 heterocycles. The minimum Gasteiger partial charge on any atom is -0.472 e. The molecule has 0 bridgehead atoms. The smallest absolute Gasteiger partial charge is 0.234 e. The van der Waals surface area contributed by atoms with Crippen molar-refractivity contribution in [1.29, 1.82) is 0 Å². The number of hydrogen-bond acceptors (Lipinski definition) is 5. The lowest BCUT2D eigenvalue weighted by atomic mass is 9.77. The maximum absolute atomic E-state index is 5.54. The molecular weight excluding hydrogens is 242 g/mol. The average molecular weight is 261 g/mol. The number of hydrogen-bond donors (Lipinski definition) is 1. The molecule has 0 amide bonds. The minimum atomic E-state index is 0.00197. The van der Waals surface area contributed by atoms with E-state index in [1.165, 1.54) is 0 Å². The average Bonchev–Trinajstić information content (AvgIpc) is 3.11. The van der Waals surface area contributed by atoms with Gasteiger partial charge in [0.2, 0.25) is 11.7 Å². The molecule has 0 radical (unpaired) electrons. The van der Waals surface area contributed by atoms with E-state index in [1.54, 1.807) is 12.5 Å². The van der Waals surface area contributed by atoms with Crippen molar-refractivity contribution >= 4 is 0 Å². The molecule has 0 spiro atoms. The van der Waals surface area contributed by atoms with Gasteiger partial charge in [-0.3, -0.25) is 0 Å². The van der Waals surface area contributed by atoms with Crippen LogP contribution < -0.4 is 5.32 Å². The summed E-state index contributed by atoms with van der Waals surface area (Å²) in [6.45, 7) is 4.20. The van der Waals surface area contributed by atoms with Crippen LogP contribution >= 0.6 is 0 Å². The first-order valence-corrected chi connectivity index (χ1v) is 6.91. The molecule has 1 unspecified atom stereocenters. The molecule has 1 aliphatic heterocycles. The van der Waals surface area contributed by atoms with Gasteiger partial charge in [0, 0.05) is 6.54 Å². The van der Waals surface area contributed by atoms with Crippen molar-refractivity contribution in [1.82, 2.24) is 15.5 Å². The summed E-state index contributed by atoms with van der Waals surface area (Å²) >= 11 is 0. The molecule has 19 heavy (non-hydrogen) atoms. The van der Waals surface area contributed by atoms with Crippen molar-refractivity contribution in [2.75, 3.05) is 13.1 Å². The van der Waals surface area contributed by atoms with Gasteiger partial charge in [0.05, 0.1) is 17.2 Å². The first-order chi connectivity index (χ1) is 9.34. The predicted molar refractivity (Wildman–Crippen MR) is 70.7 cm³/mol. The first-order valence-electron chi connectivity index (χ1n) is 6.91. The predicted octanol–water partition coefficient (Wildman–Crippen LogP) is 2.75. The molecule has 1 aliphatic rings. The second kappa shape index (κ2) is 5.17. The van der Waals surface area contributed by atoms with Gasteiger partial charge in [-0.1, -0.05) is 18.5 Å². The first kappa shape index (κ1) is 12.4. The molecule has 2 aromatic heterocycles. The number of nitrogens with zero attached hydrogens (tertiary/aromatic N) is 2. The molecule has 1 fully saturated rings. The van der Waals surface area contributed by atoms with Gasteiger partial charge < -0.3 is 14.3 Å². The zero-order chi connectivity index (χ0) is 13.1. The zero-order valence-corrected chi connectivity index (χ0v) is 11.2. The van der Waals surface area contributed by atoms with E-state index >= 15 is 0 Å². The molecule has 5 nitrogen and oxygen atoms in total. The highest BCUT2D eigenvalue weighted by molar-refractivity contribution is 5.51. The molecule has 2 aromatic rings. The van der Waals surface area contributed by atoms with Crippen LogP contribution in [0, 0.1) is 0 Å². The quantitative estimate of drug-likeness (QED) is 0.916. The van der Waals surface area contributed by atoms with Gasteiger partial charge in [-0.2, -0.15) is 4.98 Å². The Morgan fingerprint density at radius 1 is 1.47 bits per heavy atom. The zero-order valence-electron chi connectivity index (χ0n) is 11.2. The Kier molecular flexibility index (Phi) is 3.38. The molecule has 0 aromatic carbocycles. The molecule has 3 rings (SSSR count). The molecule has 102 valence electrons. The standard InChI is InChI=1S/C14H19N3O2/c1-2-5-14(6-3-7-15-10-14)13-16-12(17-19-13)11-4-8-18-9-11/h4,8-9,15H,2-3,5-7,10H2,1H3. The van der Waals surface area contributed by atoms with Crippen molar-refractivity contribution in [3.05, 3.63) is 24.5 Å². The maximum Gasteiger partial charge on any atom is 0.234 e. The fourth-order valence-corrected chi connectivity index (χ4v) is 2.90. The Morgan fingerprint density at radius 2 is 2.42 bits per heavy atom. The van der Waals surface area contributed by atoms with Crippen molar-refractivity contribution in [3.63, 3.8) is 0 Å². The van der Waals surface area contributed by atoms with Gasteiger partial charge in [-0.05, 0) is 31.9 Å². The molecule has 1 N–H and O–H groups in total. The summed E-state index contributed by atoms with van der Waals surface area (Å²) in [7, 11) is 0. The number of aromatic nitrogens is 2. The summed E-state index contributed by atoms with van der Waals surface area (Å²) in [4.78, 5) is 4.59. The van der Waals surface area contributed by atoms with Crippen LogP contribution in [-0.4, -0.2) is 23.2 Å². The van der Waals surface area contributed by atoms with Gasteiger partial charge in [0.15, 0.2) is 0 Å². The van der Waals surface area contributed by atoms with Crippen LogP contribution in [0.2, 0.25) is 0 Å². The number of rotatable bonds is 4. The summed E-state index contributed by atoms with van der Waals surface area (Å²) in [5.41, 5.74) is 0.868. The molecule has 0 aliphatic carbocycles. The van der Waals surface area contributed by atoms with E-state index in [2.05, 4.69) is 22.4 Å². The van der Waals surface area contributed by atoms with E-state index in [4.69, 9.17) is 8.94 Å². The molecule has 1 atom stereocenters. The summed E-state index contributed by atoms with van der Waals surface area (Å²) < 4.78 is 10.6. The summed E-state index contributed by atoms with van der Waals surface area (Å²) in [5, 5.41) is 7.54. The summed E-state index contributed by atoms with van der Waals surface area (Å²) in [6, 6.07) is 1.85. The number of piperidine rings is 1. The number of nitrogens with one attached hydrogen (secondary N) is 1. The fraction of sp³-hybridized carbons (Fsp3) is 0.571. The van der Waals surface area contributed by atoms with Crippen LogP contribution in [0.5, 0.6) is 0 Å². The van der Waals surface area contributed by atoms with Crippen molar-refractivity contribution in [3.8, 4) is 11.4 Å². The Hall–Kier alpha value is -1.62. The van der Waals surface area contributed by atoms with Crippen LogP contribution in [-0.2, 0) is 5.41 Å². The third-order valence-corrected chi connectivity index (χ3v) is 3.86. The van der Waals surface area contributed by atoms with Crippen molar-refractivity contribution in [2.24, 2.45) is 0 Å². The maximum atomic E-state index is 5.54. The van der Waals surface area contributed by atoms with Gasteiger partial charge >= 0.3 is 0 Å². The Balaban J connectivity index is 1.90. The second-order valence-corrected chi connectivity index (χ2v) is 5.25. The Morgan fingerprint density at radius 3 is 3.11 bits per heavy atom. The molecule has 5 heteroatoms. The number of furan rings is 1. The lowest BCUT2D eigenvalue weighted by molar-refractivity contribution is 0.213.